The fourth-order valence-corrected chi connectivity index (χ4v) is 2.31. The van der Waals surface area contributed by atoms with Crippen LogP contribution in [0.25, 0.3) is 11.5 Å². The average Bonchev–Trinajstić information content (AvgIpc) is 3.05. The van der Waals surface area contributed by atoms with E-state index in [-0.39, 0.29) is 12.6 Å². The van der Waals surface area contributed by atoms with Gasteiger partial charge in [-0.25, -0.2) is 0 Å². The third-order valence-electron chi connectivity index (χ3n) is 3.48. The lowest BCUT2D eigenvalue weighted by molar-refractivity contribution is -0.118. The number of carbonyl (C=O) groups is 1. The molecule has 0 radical (unpaired) electrons. The molecule has 1 amide bonds. The molecule has 3 aromatic rings. The maximum absolute atomic E-state index is 11.9. The van der Waals surface area contributed by atoms with Crippen LogP contribution in [0.5, 0.6) is 5.75 Å². The van der Waals surface area contributed by atoms with Crippen molar-refractivity contribution in [1.29, 1.82) is 0 Å². The summed E-state index contributed by atoms with van der Waals surface area (Å²) in [6.45, 7) is 3.76. The first-order valence-electron chi connectivity index (χ1n) is 7.60. The van der Waals surface area contributed by atoms with E-state index in [0.29, 0.717) is 16.7 Å². The summed E-state index contributed by atoms with van der Waals surface area (Å²) in [7, 11) is 0. The van der Waals surface area contributed by atoms with Crippen LogP contribution in [-0.4, -0.2) is 22.7 Å². The van der Waals surface area contributed by atoms with Crippen molar-refractivity contribution in [3.63, 3.8) is 0 Å². The summed E-state index contributed by atoms with van der Waals surface area (Å²) in [4.78, 5) is 11.9. The molecule has 1 aromatic heterocycles. The topological polar surface area (TPSA) is 77.2 Å². The van der Waals surface area contributed by atoms with E-state index in [0.717, 1.165) is 16.7 Å². The molecule has 0 atom stereocenters. The molecule has 0 spiro atoms. The number of rotatable bonds is 5. The first-order chi connectivity index (χ1) is 12.0. The number of hydrogen-bond donors (Lipinski definition) is 1. The van der Waals surface area contributed by atoms with E-state index in [1.165, 1.54) is 0 Å². The van der Waals surface area contributed by atoms with Gasteiger partial charge in [0.15, 0.2) is 6.61 Å². The molecule has 1 heterocycles. The largest absolute Gasteiger partial charge is 0.484 e. The van der Waals surface area contributed by atoms with Crippen molar-refractivity contribution in [1.82, 2.24) is 10.2 Å². The highest BCUT2D eigenvalue weighted by atomic mass is 35.5. The normalized spacial score (nSPS) is 10.5. The van der Waals surface area contributed by atoms with Gasteiger partial charge in [0.25, 0.3) is 5.91 Å². The predicted octanol–water partition coefficient (Wildman–Crippen LogP) is 4.02. The smallest absolute Gasteiger partial charge is 0.322 e. The zero-order valence-electron chi connectivity index (χ0n) is 13.7. The van der Waals surface area contributed by atoms with Gasteiger partial charge in [-0.05, 0) is 49.7 Å². The van der Waals surface area contributed by atoms with Crippen LogP contribution in [0.4, 0.5) is 6.01 Å². The van der Waals surface area contributed by atoms with Gasteiger partial charge in [0.05, 0.1) is 0 Å². The van der Waals surface area contributed by atoms with Crippen LogP contribution in [0.15, 0.2) is 46.9 Å². The van der Waals surface area contributed by atoms with Crippen molar-refractivity contribution >= 4 is 23.5 Å². The van der Waals surface area contributed by atoms with Gasteiger partial charge >= 0.3 is 6.01 Å². The van der Waals surface area contributed by atoms with E-state index in [4.69, 9.17) is 20.8 Å². The van der Waals surface area contributed by atoms with Crippen LogP contribution in [0, 0.1) is 13.8 Å². The maximum atomic E-state index is 11.9. The van der Waals surface area contributed by atoms with Gasteiger partial charge in [-0.15, -0.1) is 5.10 Å². The standard InChI is InChI=1S/C18H16ClN3O3/c1-11-3-4-12(2)15(9-11)17-21-22-18(25-17)20-16(23)10-24-14-7-5-13(19)6-8-14/h3-9H,10H2,1-2H3,(H,20,22,23). The molecule has 2 aromatic carbocycles. The molecule has 0 aliphatic heterocycles. The van der Waals surface area contributed by atoms with Crippen LogP contribution in [-0.2, 0) is 4.79 Å². The van der Waals surface area contributed by atoms with Crippen LogP contribution in [0.2, 0.25) is 5.02 Å². The summed E-state index contributed by atoms with van der Waals surface area (Å²) in [6, 6.07) is 12.7. The van der Waals surface area contributed by atoms with Gasteiger partial charge in [0.1, 0.15) is 5.75 Å². The molecule has 0 unspecified atom stereocenters. The third kappa shape index (κ3) is 4.36. The Kier molecular flexibility index (Phi) is 5.00. The highest BCUT2D eigenvalue weighted by Gasteiger charge is 2.13. The third-order valence-corrected chi connectivity index (χ3v) is 3.73. The summed E-state index contributed by atoms with van der Waals surface area (Å²) in [5, 5.41) is 10.9. The second-order valence-corrected chi connectivity index (χ2v) is 5.96. The number of carbonyl (C=O) groups excluding carboxylic acids is 1. The molecule has 0 bridgehead atoms. The molecule has 1 N–H and O–H groups in total. The minimum absolute atomic E-state index is 0.0283. The Balaban J connectivity index is 1.62. The zero-order valence-corrected chi connectivity index (χ0v) is 14.5. The van der Waals surface area contributed by atoms with Crippen LogP contribution < -0.4 is 10.1 Å². The average molecular weight is 358 g/mol. The Hall–Kier alpha value is -2.86. The van der Waals surface area contributed by atoms with E-state index in [9.17, 15) is 4.79 Å². The number of aromatic nitrogens is 2. The van der Waals surface area contributed by atoms with Crippen LogP contribution in [0.1, 0.15) is 11.1 Å². The summed E-state index contributed by atoms with van der Waals surface area (Å²) in [5.41, 5.74) is 2.93. The number of nitrogens with zero attached hydrogens (tertiary/aromatic N) is 2. The number of hydrogen-bond acceptors (Lipinski definition) is 5. The molecule has 6 nitrogen and oxygen atoms in total. The second kappa shape index (κ2) is 7.36. The molecule has 25 heavy (non-hydrogen) atoms. The highest BCUT2D eigenvalue weighted by Crippen LogP contribution is 2.24. The molecular weight excluding hydrogens is 342 g/mol. The first kappa shape index (κ1) is 17.0. The van der Waals surface area contributed by atoms with E-state index in [1.54, 1.807) is 24.3 Å². The van der Waals surface area contributed by atoms with Crippen molar-refractivity contribution in [3.8, 4) is 17.2 Å². The van der Waals surface area contributed by atoms with Gasteiger partial charge < -0.3 is 9.15 Å². The van der Waals surface area contributed by atoms with Crippen molar-refractivity contribution in [3.05, 3.63) is 58.6 Å². The van der Waals surface area contributed by atoms with E-state index >= 15 is 0 Å². The van der Waals surface area contributed by atoms with Gasteiger partial charge in [0.2, 0.25) is 5.89 Å². The second-order valence-electron chi connectivity index (χ2n) is 5.52. The number of amides is 1. The SMILES string of the molecule is Cc1ccc(C)c(-c2nnc(NC(=O)COc3ccc(Cl)cc3)o2)c1. The maximum Gasteiger partial charge on any atom is 0.322 e. The molecule has 0 saturated carbocycles. The molecule has 0 saturated heterocycles. The number of nitrogens with one attached hydrogen (secondary N) is 1. The van der Waals surface area contributed by atoms with E-state index in [2.05, 4.69) is 15.5 Å². The Morgan fingerprint density at radius 1 is 1.16 bits per heavy atom. The quantitative estimate of drug-likeness (QED) is 0.746. The van der Waals surface area contributed by atoms with Gasteiger partial charge in [0, 0.05) is 10.6 Å². The van der Waals surface area contributed by atoms with E-state index in [1.807, 2.05) is 32.0 Å². The molecule has 0 fully saturated rings. The van der Waals surface area contributed by atoms with Crippen molar-refractivity contribution in [2.75, 3.05) is 11.9 Å². The fourth-order valence-electron chi connectivity index (χ4n) is 2.18. The van der Waals surface area contributed by atoms with E-state index < -0.39 is 5.91 Å². The highest BCUT2D eigenvalue weighted by molar-refractivity contribution is 6.30. The molecule has 128 valence electrons. The van der Waals surface area contributed by atoms with Gasteiger partial charge in [-0.2, -0.15) is 0 Å². The number of ether oxygens (including phenoxy) is 1. The zero-order chi connectivity index (χ0) is 17.8. The lowest BCUT2D eigenvalue weighted by atomic mass is 10.1. The molecule has 7 heteroatoms. The summed E-state index contributed by atoms with van der Waals surface area (Å²) in [5.74, 6) is 0.502. The first-order valence-corrected chi connectivity index (χ1v) is 7.98. The minimum atomic E-state index is -0.397. The van der Waals surface area contributed by atoms with Crippen LogP contribution in [0.3, 0.4) is 0 Å². The Bertz CT molecular complexity index is 891. The molecule has 0 aliphatic rings. The fraction of sp³-hybridized carbons (Fsp3) is 0.167. The Morgan fingerprint density at radius 3 is 2.68 bits per heavy atom. The summed E-state index contributed by atoms with van der Waals surface area (Å²) in [6.07, 6.45) is 0. The van der Waals surface area contributed by atoms with Crippen molar-refractivity contribution in [2.45, 2.75) is 13.8 Å². The van der Waals surface area contributed by atoms with Crippen molar-refractivity contribution in [2.24, 2.45) is 0 Å². The van der Waals surface area contributed by atoms with Crippen molar-refractivity contribution < 1.29 is 13.9 Å². The predicted molar refractivity (Wildman–Crippen MR) is 94.8 cm³/mol. The molecule has 0 aliphatic carbocycles. The number of anilines is 1. The molecular formula is C18H16ClN3O3. The summed E-state index contributed by atoms with van der Waals surface area (Å²) < 4.78 is 10.9. The number of halogens is 1. The lowest BCUT2D eigenvalue weighted by Crippen LogP contribution is -2.20. The number of benzene rings is 2. The Morgan fingerprint density at radius 2 is 1.92 bits per heavy atom. The monoisotopic (exact) mass is 357 g/mol. The van der Waals surface area contributed by atoms with Gasteiger partial charge in [-0.3, -0.25) is 10.1 Å². The lowest BCUT2D eigenvalue weighted by Gasteiger charge is -2.05. The summed E-state index contributed by atoms with van der Waals surface area (Å²) >= 11 is 5.79. The Labute approximate surface area is 149 Å². The minimum Gasteiger partial charge on any atom is -0.484 e. The van der Waals surface area contributed by atoms with Gasteiger partial charge in [-0.1, -0.05) is 34.4 Å². The number of aryl methyl sites for hydroxylation is 2. The van der Waals surface area contributed by atoms with Crippen LogP contribution >= 0.6 is 11.6 Å². The molecule has 3 rings (SSSR count).